The number of anilines is 3. The largest absolute Gasteiger partial charge is 0.368 e. The Labute approximate surface area is 156 Å². The van der Waals surface area contributed by atoms with Crippen molar-refractivity contribution in [2.24, 2.45) is 0 Å². The van der Waals surface area contributed by atoms with Crippen molar-refractivity contribution >= 4 is 23.5 Å². The van der Waals surface area contributed by atoms with Crippen LogP contribution in [0.1, 0.15) is 10.4 Å². The first-order valence-electron chi connectivity index (χ1n) is 7.96. The second-order valence-corrected chi connectivity index (χ2v) is 5.65. The number of carbonyl (C=O) groups excluding carboxylic acids is 1. The molecule has 0 saturated carbocycles. The minimum Gasteiger partial charge on any atom is -0.368 e. The van der Waals surface area contributed by atoms with Crippen molar-refractivity contribution in [2.75, 3.05) is 11.1 Å². The molecular formula is C17H12F2N8O. The second-order valence-electron chi connectivity index (χ2n) is 5.65. The van der Waals surface area contributed by atoms with E-state index in [4.69, 9.17) is 5.73 Å². The molecule has 0 aliphatic heterocycles. The van der Waals surface area contributed by atoms with Gasteiger partial charge in [0.25, 0.3) is 5.91 Å². The Bertz CT molecular complexity index is 1120. The van der Waals surface area contributed by atoms with E-state index in [1.54, 1.807) is 41.5 Å². The molecule has 0 unspecified atom stereocenters. The molecule has 4 rings (SSSR count). The number of nitrogens with one attached hydrogen (secondary N) is 1. The molecule has 11 heteroatoms. The monoisotopic (exact) mass is 382 g/mol. The second kappa shape index (κ2) is 6.87. The third kappa shape index (κ3) is 3.16. The number of rotatable bonds is 4. The maximum absolute atomic E-state index is 13.8. The quantitative estimate of drug-likeness (QED) is 0.555. The van der Waals surface area contributed by atoms with Crippen LogP contribution in [-0.2, 0) is 0 Å². The number of hydrogen-bond donors (Lipinski definition) is 2. The highest BCUT2D eigenvalue weighted by Crippen LogP contribution is 2.19. The Morgan fingerprint density at radius 1 is 1.00 bits per heavy atom. The highest BCUT2D eigenvalue weighted by Gasteiger charge is 2.22. The van der Waals surface area contributed by atoms with Crippen LogP contribution < -0.4 is 11.1 Å². The third-order valence-corrected chi connectivity index (χ3v) is 3.84. The molecule has 0 radical (unpaired) electrons. The molecule has 0 bridgehead atoms. The molecule has 0 aliphatic rings. The van der Waals surface area contributed by atoms with Gasteiger partial charge < -0.3 is 11.1 Å². The SMILES string of the molecule is Nc1nc(Nc2ccc(-n3cnnc3)cc2)nn1C(=O)c1c(F)cccc1F. The lowest BCUT2D eigenvalue weighted by Gasteiger charge is -2.05. The predicted molar refractivity (Wildman–Crippen MR) is 95.2 cm³/mol. The average Bonchev–Trinajstić information content (AvgIpc) is 3.32. The summed E-state index contributed by atoms with van der Waals surface area (Å²) in [5.74, 6) is -3.40. The molecule has 0 aliphatic carbocycles. The number of aromatic nitrogens is 6. The zero-order valence-corrected chi connectivity index (χ0v) is 14.1. The fourth-order valence-electron chi connectivity index (χ4n) is 2.51. The van der Waals surface area contributed by atoms with E-state index in [2.05, 4.69) is 25.6 Å². The normalized spacial score (nSPS) is 10.8. The zero-order valence-electron chi connectivity index (χ0n) is 14.1. The maximum atomic E-state index is 13.8. The van der Waals surface area contributed by atoms with Crippen LogP contribution in [0.4, 0.5) is 26.4 Å². The Kier molecular flexibility index (Phi) is 4.24. The predicted octanol–water partition coefficient (Wildman–Crippen LogP) is 2.15. The van der Waals surface area contributed by atoms with Gasteiger partial charge in [-0.05, 0) is 36.4 Å². The summed E-state index contributed by atoms with van der Waals surface area (Å²) in [6.07, 6.45) is 3.11. The van der Waals surface area contributed by atoms with Gasteiger partial charge >= 0.3 is 0 Å². The Balaban J connectivity index is 1.57. The van der Waals surface area contributed by atoms with E-state index in [1.165, 1.54) is 0 Å². The van der Waals surface area contributed by atoms with E-state index >= 15 is 0 Å². The topological polar surface area (TPSA) is 117 Å². The summed E-state index contributed by atoms with van der Waals surface area (Å²) in [5.41, 5.74) is 6.37. The number of hydrogen-bond acceptors (Lipinski definition) is 7. The molecule has 9 nitrogen and oxygen atoms in total. The fraction of sp³-hybridized carbons (Fsp3) is 0. The van der Waals surface area contributed by atoms with Gasteiger partial charge in [0, 0.05) is 11.4 Å². The van der Waals surface area contributed by atoms with Crippen LogP contribution in [0, 0.1) is 11.6 Å². The molecule has 2 heterocycles. The minimum atomic E-state index is -1.06. The van der Waals surface area contributed by atoms with Crippen molar-refractivity contribution in [1.82, 2.24) is 29.5 Å². The van der Waals surface area contributed by atoms with Gasteiger partial charge in [-0.3, -0.25) is 9.36 Å². The molecule has 2 aromatic carbocycles. The summed E-state index contributed by atoms with van der Waals surface area (Å²) in [6, 6.07) is 10.2. The Hall–Kier alpha value is -4.15. The summed E-state index contributed by atoms with van der Waals surface area (Å²) in [4.78, 5) is 16.3. The summed E-state index contributed by atoms with van der Waals surface area (Å²) in [6.45, 7) is 0. The number of nitrogen functional groups attached to an aromatic ring is 1. The molecule has 4 aromatic rings. The fourth-order valence-corrected chi connectivity index (χ4v) is 2.51. The van der Waals surface area contributed by atoms with Crippen LogP contribution in [0.15, 0.2) is 55.1 Å². The average molecular weight is 382 g/mol. The van der Waals surface area contributed by atoms with E-state index in [1.807, 2.05) is 0 Å². The molecule has 0 spiro atoms. The Morgan fingerprint density at radius 3 is 2.29 bits per heavy atom. The van der Waals surface area contributed by atoms with Crippen LogP contribution in [0.25, 0.3) is 5.69 Å². The van der Waals surface area contributed by atoms with Crippen LogP contribution in [0.2, 0.25) is 0 Å². The van der Waals surface area contributed by atoms with Crippen molar-refractivity contribution in [3.05, 3.63) is 72.3 Å². The minimum absolute atomic E-state index is 0.000329. The lowest BCUT2D eigenvalue weighted by atomic mass is 10.2. The van der Waals surface area contributed by atoms with Crippen molar-refractivity contribution in [1.29, 1.82) is 0 Å². The summed E-state index contributed by atoms with van der Waals surface area (Å²) in [7, 11) is 0. The molecule has 140 valence electrons. The van der Waals surface area contributed by atoms with Crippen LogP contribution in [0.5, 0.6) is 0 Å². The number of benzene rings is 2. The number of carbonyl (C=O) groups is 1. The smallest absolute Gasteiger partial charge is 0.287 e. The van der Waals surface area contributed by atoms with E-state index < -0.39 is 23.1 Å². The van der Waals surface area contributed by atoms with Gasteiger partial charge in [-0.2, -0.15) is 9.67 Å². The zero-order chi connectivity index (χ0) is 19.7. The first kappa shape index (κ1) is 17.3. The standard InChI is InChI=1S/C17H12F2N8O/c18-12-2-1-3-13(19)14(12)15(28)27-16(20)24-17(25-27)23-10-4-6-11(7-5-10)26-8-21-22-9-26/h1-9H,(H3,20,23,24,25). The molecule has 0 fully saturated rings. The molecule has 28 heavy (non-hydrogen) atoms. The van der Waals surface area contributed by atoms with Crippen molar-refractivity contribution in [3.63, 3.8) is 0 Å². The number of nitrogens with zero attached hydrogens (tertiary/aromatic N) is 6. The highest BCUT2D eigenvalue weighted by molar-refractivity contribution is 5.97. The first-order chi connectivity index (χ1) is 13.5. The molecular weight excluding hydrogens is 370 g/mol. The van der Waals surface area contributed by atoms with Crippen molar-refractivity contribution in [3.8, 4) is 5.69 Å². The third-order valence-electron chi connectivity index (χ3n) is 3.84. The van der Waals surface area contributed by atoms with Gasteiger partial charge in [0.05, 0.1) is 0 Å². The molecule has 3 N–H and O–H groups in total. The molecule has 2 aromatic heterocycles. The van der Waals surface area contributed by atoms with Crippen LogP contribution in [0.3, 0.4) is 0 Å². The van der Waals surface area contributed by atoms with Gasteiger partial charge in [0.1, 0.15) is 29.9 Å². The number of nitrogens with two attached hydrogens (primary N) is 1. The van der Waals surface area contributed by atoms with E-state index in [9.17, 15) is 13.6 Å². The molecule has 0 saturated heterocycles. The molecule has 0 atom stereocenters. The lowest BCUT2D eigenvalue weighted by Crippen LogP contribution is -2.19. The summed E-state index contributed by atoms with van der Waals surface area (Å²) < 4.78 is 30.0. The summed E-state index contributed by atoms with van der Waals surface area (Å²) in [5, 5.41) is 14.2. The van der Waals surface area contributed by atoms with E-state index in [0.29, 0.717) is 10.4 Å². The van der Waals surface area contributed by atoms with Crippen LogP contribution in [-0.4, -0.2) is 35.4 Å². The first-order valence-corrected chi connectivity index (χ1v) is 7.96. The van der Waals surface area contributed by atoms with Crippen LogP contribution >= 0.6 is 0 Å². The maximum Gasteiger partial charge on any atom is 0.287 e. The number of halogens is 2. The summed E-state index contributed by atoms with van der Waals surface area (Å²) >= 11 is 0. The van der Waals surface area contributed by atoms with Crippen molar-refractivity contribution < 1.29 is 13.6 Å². The Morgan fingerprint density at radius 2 is 1.64 bits per heavy atom. The van der Waals surface area contributed by atoms with E-state index in [-0.39, 0.29) is 11.9 Å². The van der Waals surface area contributed by atoms with Gasteiger partial charge in [0.2, 0.25) is 11.9 Å². The van der Waals surface area contributed by atoms with Gasteiger partial charge in [-0.15, -0.1) is 15.3 Å². The van der Waals surface area contributed by atoms with Gasteiger partial charge in [0.15, 0.2) is 0 Å². The van der Waals surface area contributed by atoms with E-state index in [0.717, 1.165) is 23.9 Å². The van der Waals surface area contributed by atoms with Crippen molar-refractivity contribution in [2.45, 2.75) is 0 Å². The van der Waals surface area contributed by atoms with Gasteiger partial charge in [-0.25, -0.2) is 8.78 Å². The van der Waals surface area contributed by atoms with Gasteiger partial charge in [-0.1, -0.05) is 6.07 Å². The molecule has 0 amide bonds. The highest BCUT2D eigenvalue weighted by atomic mass is 19.1. The lowest BCUT2D eigenvalue weighted by molar-refractivity contribution is 0.0939.